The molecule has 1 aliphatic carbocycles. The van der Waals surface area contributed by atoms with Gasteiger partial charge in [0.15, 0.2) is 0 Å². The summed E-state index contributed by atoms with van der Waals surface area (Å²) in [7, 11) is 0. The van der Waals surface area contributed by atoms with Crippen LogP contribution in [-0.4, -0.2) is 9.55 Å². The molecule has 0 radical (unpaired) electrons. The summed E-state index contributed by atoms with van der Waals surface area (Å²) in [6.45, 7) is 7.98. The van der Waals surface area contributed by atoms with Crippen LogP contribution in [0.4, 0.5) is 0 Å². The van der Waals surface area contributed by atoms with Gasteiger partial charge < -0.3 is 10.3 Å². The second-order valence-corrected chi connectivity index (χ2v) is 4.43. The number of hydrogen-bond donors (Lipinski definition) is 1. The topological polar surface area (TPSA) is 43.8 Å². The maximum atomic E-state index is 5.73. The highest BCUT2D eigenvalue weighted by molar-refractivity contribution is 5.87. The van der Waals surface area contributed by atoms with Crippen LogP contribution in [0.5, 0.6) is 0 Å². The van der Waals surface area contributed by atoms with E-state index >= 15 is 0 Å². The van der Waals surface area contributed by atoms with E-state index in [1.807, 2.05) is 18.3 Å². The molecule has 3 heteroatoms. The molecule has 3 rings (SSSR count). The molecule has 0 atom stereocenters. The van der Waals surface area contributed by atoms with Crippen LogP contribution in [0.15, 0.2) is 18.8 Å². The van der Waals surface area contributed by atoms with Crippen LogP contribution in [-0.2, 0) is 0 Å². The monoisotopic (exact) mass is 225 g/mol. The third-order valence-corrected chi connectivity index (χ3v) is 3.35. The summed E-state index contributed by atoms with van der Waals surface area (Å²) in [6, 6.07) is 2.50. The molecule has 1 saturated carbocycles. The lowest BCUT2D eigenvalue weighted by atomic mass is 10.1. The normalized spacial score (nSPS) is 16.6. The second-order valence-electron chi connectivity index (χ2n) is 4.43. The molecule has 0 bridgehead atoms. The lowest BCUT2D eigenvalue weighted by Gasteiger charge is -2.02. The van der Waals surface area contributed by atoms with Crippen LogP contribution in [0.2, 0.25) is 0 Å². The van der Waals surface area contributed by atoms with Crippen LogP contribution < -0.4 is 16.3 Å². The van der Waals surface area contributed by atoms with Gasteiger partial charge in [-0.3, -0.25) is 0 Å². The number of nitrogens with two attached hydrogens (primary N) is 1. The molecule has 0 spiro atoms. The van der Waals surface area contributed by atoms with Crippen molar-refractivity contribution >= 4 is 29.9 Å². The van der Waals surface area contributed by atoms with Gasteiger partial charge in [-0.2, -0.15) is 0 Å². The lowest BCUT2D eigenvalue weighted by Crippen LogP contribution is -2.29. The zero-order chi connectivity index (χ0) is 12.0. The highest BCUT2D eigenvalue weighted by atomic mass is 15.1. The summed E-state index contributed by atoms with van der Waals surface area (Å²) in [5.41, 5.74) is 7.78. The quantitative estimate of drug-likeness (QED) is 0.832. The van der Waals surface area contributed by atoms with Gasteiger partial charge in [0.05, 0.1) is 5.35 Å². The molecule has 2 N–H and O–H groups in total. The fourth-order valence-electron chi connectivity index (χ4n) is 2.40. The summed E-state index contributed by atoms with van der Waals surface area (Å²) in [5, 5.41) is 3.02. The number of hydrogen-bond acceptors (Lipinski definition) is 2. The molecule has 86 valence electrons. The predicted molar refractivity (Wildman–Crippen MR) is 71.5 cm³/mol. The van der Waals surface area contributed by atoms with E-state index in [0.717, 1.165) is 27.2 Å². The Morgan fingerprint density at radius 2 is 2.24 bits per heavy atom. The molecule has 1 aliphatic rings. The van der Waals surface area contributed by atoms with Crippen molar-refractivity contribution in [1.29, 1.82) is 0 Å². The number of nitrogens with zero attached hydrogens (tertiary/aromatic N) is 2. The van der Waals surface area contributed by atoms with Crippen LogP contribution in [0.3, 0.4) is 0 Å². The molecule has 0 aromatic carbocycles. The number of pyridine rings is 1. The molecular weight excluding hydrogens is 210 g/mol. The summed E-state index contributed by atoms with van der Waals surface area (Å²) in [5.74, 6) is 0. The van der Waals surface area contributed by atoms with E-state index in [4.69, 9.17) is 5.73 Å². The van der Waals surface area contributed by atoms with E-state index < -0.39 is 0 Å². The highest BCUT2D eigenvalue weighted by Gasteiger charge is 2.27. The first kappa shape index (κ1) is 10.1. The summed E-state index contributed by atoms with van der Waals surface area (Å²) < 4.78 is 2.21. The minimum Gasteiger partial charge on any atom is -0.403 e. The van der Waals surface area contributed by atoms with Crippen LogP contribution >= 0.6 is 0 Å². The highest BCUT2D eigenvalue weighted by Crippen LogP contribution is 2.35. The van der Waals surface area contributed by atoms with Gasteiger partial charge in [0.2, 0.25) is 0 Å². The SMILES string of the molecule is C=Cc1ccnc2c1c(=C)/c(=C\N)n2C1CC1. The lowest BCUT2D eigenvalue weighted by molar-refractivity contribution is 0.740. The fourth-order valence-corrected chi connectivity index (χ4v) is 2.40. The van der Waals surface area contributed by atoms with E-state index in [9.17, 15) is 0 Å². The van der Waals surface area contributed by atoms with Gasteiger partial charge in [-0.15, -0.1) is 0 Å². The number of fused-ring (bicyclic) bond motifs is 1. The Labute approximate surface area is 99.6 Å². The zero-order valence-corrected chi connectivity index (χ0v) is 9.69. The average molecular weight is 225 g/mol. The maximum Gasteiger partial charge on any atom is 0.141 e. The number of aromatic nitrogens is 2. The van der Waals surface area contributed by atoms with E-state index in [1.165, 1.54) is 12.8 Å². The smallest absolute Gasteiger partial charge is 0.141 e. The minimum atomic E-state index is 0.537. The Kier molecular flexibility index (Phi) is 2.08. The van der Waals surface area contributed by atoms with E-state index in [-0.39, 0.29) is 0 Å². The summed E-state index contributed by atoms with van der Waals surface area (Å²) >= 11 is 0. The van der Waals surface area contributed by atoms with Crippen molar-refractivity contribution in [2.45, 2.75) is 18.9 Å². The van der Waals surface area contributed by atoms with Gasteiger partial charge in [0.1, 0.15) is 5.65 Å². The Morgan fingerprint density at radius 3 is 2.82 bits per heavy atom. The van der Waals surface area contributed by atoms with Crippen LogP contribution in [0, 0.1) is 0 Å². The molecule has 2 heterocycles. The molecule has 0 aliphatic heterocycles. The Morgan fingerprint density at radius 1 is 1.47 bits per heavy atom. The van der Waals surface area contributed by atoms with Gasteiger partial charge in [0.25, 0.3) is 0 Å². The molecule has 0 saturated heterocycles. The average Bonchev–Trinajstić information content (AvgIpc) is 3.14. The maximum absolute atomic E-state index is 5.73. The zero-order valence-electron chi connectivity index (χ0n) is 9.69. The Bertz CT molecular complexity index is 705. The third kappa shape index (κ3) is 1.32. The molecule has 17 heavy (non-hydrogen) atoms. The summed E-state index contributed by atoms with van der Waals surface area (Å²) in [4.78, 5) is 4.48. The van der Waals surface area contributed by atoms with Crippen molar-refractivity contribution in [2.75, 3.05) is 0 Å². The minimum absolute atomic E-state index is 0.537. The molecule has 2 aromatic rings. The molecule has 3 nitrogen and oxygen atoms in total. The van der Waals surface area contributed by atoms with E-state index in [1.54, 1.807) is 6.20 Å². The first-order chi connectivity index (χ1) is 8.27. The molecular formula is C14H15N3. The van der Waals surface area contributed by atoms with Crippen molar-refractivity contribution in [3.05, 3.63) is 35.0 Å². The van der Waals surface area contributed by atoms with Crippen molar-refractivity contribution in [3.8, 4) is 0 Å². The van der Waals surface area contributed by atoms with Crippen LogP contribution in [0.1, 0.15) is 24.4 Å². The fraction of sp³-hybridized carbons (Fsp3) is 0.214. The molecule has 0 unspecified atom stereocenters. The van der Waals surface area contributed by atoms with Crippen molar-refractivity contribution in [1.82, 2.24) is 9.55 Å². The second kappa shape index (κ2) is 3.48. The van der Waals surface area contributed by atoms with E-state index in [0.29, 0.717) is 6.04 Å². The number of rotatable bonds is 2. The Hall–Kier alpha value is -2.03. The Balaban J connectivity index is 2.56. The molecule has 2 aromatic heterocycles. The predicted octanol–water partition coefficient (Wildman–Crippen LogP) is 1.12. The first-order valence-electron chi connectivity index (χ1n) is 5.80. The van der Waals surface area contributed by atoms with Gasteiger partial charge >= 0.3 is 0 Å². The molecule has 1 fully saturated rings. The standard InChI is InChI=1S/C14H15N3/c1-3-10-6-7-16-14-13(10)9(2)12(8-15)17(14)11-4-5-11/h3,6-8,11H,1-2,4-5,15H2/b12-8+. The molecule has 0 amide bonds. The van der Waals surface area contributed by atoms with E-state index in [2.05, 4.69) is 22.7 Å². The van der Waals surface area contributed by atoms with Gasteiger partial charge in [0, 0.05) is 29.0 Å². The van der Waals surface area contributed by atoms with Crippen LogP contribution in [0.25, 0.3) is 29.9 Å². The van der Waals surface area contributed by atoms with Gasteiger partial charge in [-0.1, -0.05) is 19.2 Å². The van der Waals surface area contributed by atoms with Gasteiger partial charge in [-0.05, 0) is 24.5 Å². The van der Waals surface area contributed by atoms with Crippen molar-refractivity contribution in [2.24, 2.45) is 5.73 Å². The van der Waals surface area contributed by atoms with Crippen molar-refractivity contribution in [3.63, 3.8) is 0 Å². The van der Waals surface area contributed by atoms with Gasteiger partial charge in [-0.25, -0.2) is 4.98 Å². The summed E-state index contributed by atoms with van der Waals surface area (Å²) in [6.07, 6.45) is 7.69. The first-order valence-corrected chi connectivity index (χ1v) is 5.80. The van der Waals surface area contributed by atoms with Crippen molar-refractivity contribution < 1.29 is 0 Å². The third-order valence-electron chi connectivity index (χ3n) is 3.35. The largest absolute Gasteiger partial charge is 0.403 e.